The molecule has 0 atom stereocenters. The molecule has 0 unspecified atom stereocenters. The van der Waals surface area contributed by atoms with Crippen molar-refractivity contribution in [1.82, 2.24) is 20.0 Å². The number of hydrogen-bond acceptors (Lipinski definition) is 5. The summed E-state index contributed by atoms with van der Waals surface area (Å²) in [7, 11) is -3.72. The third-order valence-electron chi connectivity index (χ3n) is 5.73. The number of rotatable bonds is 10. The summed E-state index contributed by atoms with van der Waals surface area (Å²) in [4.78, 5) is 22.2. The minimum Gasteiger partial charge on any atom is -0.352 e. The van der Waals surface area contributed by atoms with Crippen molar-refractivity contribution in [3.63, 3.8) is 0 Å². The Morgan fingerprint density at radius 3 is 2.56 bits per heavy atom. The zero-order valence-electron chi connectivity index (χ0n) is 19.9. The number of pyridine rings is 2. The van der Waals surface area contributed by atoms with Gasteiger partial charge in [-0.25, -0.2) is 18.1 Å². The lowest BCUT2D eigenvalue weighted by Gasteiger charge is -2.13. The van der Waals surface area contributed by atoms with Gasteiger partial charge in [0.2, 0.25) is 10.0 Å². The summed E-state index contributed by atoms with van der Waals surface area (Å²) in [5, 5.41) is 4.07. The average molecular weight is 523 g/mol. The molecule has 0 aliphatic heterocycles. The molecule has 7 nitrogen and oxygen atoms in total. The Morgan fingerprint density at radius 1 is 1.03 bits per heavy atom. The summed E-state index contributed by atoms with van der Waals surface area (Å²) in [6.07, 6.45) is 5.58. The first-order chi connectivity index (χ1) is 17.4. The van der Waals surface area contributed by atoms with E-state index in [1.54, 1.807) is 30.6 Å². The first kappa shape index (κ1) is 25.8. The van der Waals surface area contributed by atoms with E-state index in [1.165, 1.54) is 12.1 Å². The smallest absolute Gasteiger partial charge is 0.252 e. The number of aromatic nitrogens is 2. The number of sulfonamides is 1. The zero-order chi connectivity index (χ0) is 25.5. The molecule has 2 aromatic carbocycles. The van der Waals surface area contributed by atoms with Crippen LogP contribution in [0, 0.1) is 0 Å². The van der Waals surface area contributed by atoms with Crippen LogP contribution in [-0.2, 0) is 16.4 Å². The van der Waals surface area contributed by atoms with Gasteiger partial charge in [-0.05, 0) is 66.9 Å². The van der Waals surface area contributed by atoms with Gasteiger partial charge in [-0.1, -0.05) is 37.1 Å². The van der Waals surface area contributed by atoms with Crippen LogP contribution >= 0.6 is 11.6 Å². The summed E-state index contributed by atoms with van der Waals surface area (Å²) in [5.74, 6) is -0.310. The number of amides is 1. The second-order valence-corrected chi connectivity index (χ2v) is 10.6. The van der Waals surface area contributed by atoms with E-state index in [1.807, 2.05) is 37.3 Å². The van der Waals surface area contributed by atoms with Crippen molar-refractivity contribution in [2.24, 2.45) is 0 Å². The highest BCUT2D eigenvalue weighted by molar-refractivity contribution is 7.89. The molecule has 0 saturated heterocycles. The fourth-order valence-corrected chi connectivity index (χ4v) is 4.98. The molecule has 0 saturated carbocycles. The van der Waals surface area contributed by atoms with Gasteiger partial charge in [0.25, 0.3) is 5.91 Å². The van der Waals surface area contributed by atoms with Crippen molar-refractivity contribution in [3.8, 4) is 11.3 Å². The number of nitrogens with zero attached hydrogens (tertiary/aromatic N) is 2. The van der Waals surface area contributed by atoms with Crippen molar-refractivity contribution in [1.29, 1.82) is 0 Å². The largest absolute Gasteiger partial charge is 0.352 e. The predicted octanol–water partition coefficient (Wildman–Crippen LogP) is 5.00. The highest BCUT2D eigenvalue weighted by atomic mass is 35.5. The summed E-state index contributed by atoms with van der Waals surface area (Å²) in [5.41, 5.74) is 3.25. The third-order valence-corrected chi connectivity index (χ3v) is 7.44. The van der Waals surface area contributed by atoms with Gasteiger partial charge in [-0.2, -0.15) is 0 Å². The maximum Gasteiger partial charge on any atom is 0.252 e. The van der Waals surface area contributed by atoms with Crippen LogP contribution in [0.3, 0.4) is 0 Å². The number of carbonyl (C=O) groups is 1. The van der Waals surface area contributed by atoms with Crippen LogP contribution in [0.4, 0.5) is 0 Å². The summed E-state index contributed by atoms with van der Waals surface area (Å²) >= 11 is 5.95. The Bertz CT molecular complexity index is 1460. The van der Waals surface area contributed by atoms with E-state index < -0.39 is 10.0 Å². The van der Waals surface area contributed by atoms with Crippen LogP contribution in [-0.4, -0.2) is 37.4 Å². The van der Waals surface area contributed by atoms with Gasteiger partial charge >= 0.3 is 0 Å². The van der Waals surface area contributed by atoms with Crippen LogP contribution in [0.15, 0.2) is 78.0 Å². The van der Waals surface area contributed by atoms with Crippen molar-refractivity contribution in [2.75, 3.05) is 13.1 Å². The minimum absolute atomic E-state index is 0.0947. The van der Waals surface area contributed by atoms with Gasteiger partial charge in [-0.15, -0.1) is 0 Å². The normalized spacial score (nSPS) is 11.5. The molecule has 186 valence electrons. The van der Waals surface area contributed by atoms with Crippen LogP contribution in [0.1, 0.15) is 35.7 Å². The Hall–Kier alpha value is -3.33. The van der Waals surface area contributed by atoms with Gasteiger partial charge in [0.15, 0.2) is 0 Å². The molecule has 2 aromatic heterocycles. The molecule has 0 radical (unpaired) electrons. The summed E-state index contributed by atoms with van der Waals surface area (Å²) in [6.45, 7) is 2.75. The van der Waals surface area contributed by atoms with E-state index in [0.29, 0.717) is 46.7 Å². The molecule has 4 aromatic rings. The van der Waals surface area contributed by atoms with E-state index >= 15 is 0 Å². The van der Waals surface area contributed by atoms with Crippen molar-refractivity contribution < 1.29 is 13.2 Å². The quantitative estimate of drug-likeness (QED) is 0.285. The molecular weight excluding hydrogens is 496 g/mol. The fourth-order valence-electron chi connectivity index (χ4n) is 3.76. The lowest BCUT2D eigenvalue weighted by Crippen LogP contribution is -2.26. The molecular formula is C27H27ClN4O3S. The van der Waals surface area contributed by atoms with Gasteiger partial charge in [0.1, 0.15) is 0 Å². The van der Waals surface area contributed by atoms with E-state index in [2.05, 4.69) is 20.0 Å². The molecule has 0 aliphatic rings. The molecule has 0 aliphatic carbocycles. The number of halogens is 1. The SMILES string of the molecule is CCCCNS(=O)(=O)c1ccc2nc(-c3cccnc3)cc(C(=O)NCCc3ccc(Cl)cc3)c2c1. The maximum atomic E-state index is 13.3. The molecule has 36 heavy (non-hydrogen) atoms. The molecule has 9 heteroatoms. The van der Waals surface area contributed by atoms with Crippen LogP contribution in [0.5, 0.6) is 0 Å². The lowest BCUT2D eigenvalue weighted by atomic mass is 10.0. The first-order valence-corrected chi connectivity index (χ1v) is 13.6. The third kappa shape index (κ3) is 6.26. The Kier molecular flexibility index (Phi) is 8.30. The molecule has 4 rings (SSSR count). The van der Waals surface area contributed by atoms with Crippen LogP contribution < -0.4 is 10.0 Å². The summed E-state index contributed by atoms with van der Waals surface area (Å²) < 4.78 is 28.3. The Balaban J connectivity index is 1.68. The van der Waals surface area contributed by atoms with E-state index in [4.69, 9.17) is 11.6 Å². The van der Waals surface area contributed by atoms with Crippen molar-refractivity contribution >= 4 is 38.4 Å². The highest BCUT2D eigenvalue weighted by Crippen LogP contribution is 2.27. The van der Waals surface area contributed by atoms with Gasteiger partial charge < -0.3 is 5.32 Å². The number of hydrogen-bond donors (Lipinski definition) is 2. The van der Waals surface area contributed by atoms with Gasteiger partial charge in [0.05, 0.1) is 21.7 Å². The highest BCUT2D eigenvalue weighted by Gasteiger charge is 2.19. The standard InChI is InChI=1S/C27H27ClN4O3S/c1-2-3-14-31-36(34,35)22-10-11-25-23(16-22)24(17-26(32-25)20-5-4-13-29-18-20)27(33)30-15-12-19-6-8-21(28)9-7-19/h4-11,13,16-18,31H,2-3,12,14-15H2,1H3,(H,30,33). The monoisotopic (exact) mass is 522 g/mol. The molecule has 0 spiro atoms. The summed E-state index contributed by atoms with van der Waals surface area (Å²) in [6, 6.07) is 17.4. The number of unbranched alkanes of at least 4 members (excludes halogenated alkanes) is 1. The molecule has 0 fully saturated rings. The first-order valence-electron chi connectivity index (χ1n) is 11.7. The van der Waals surface area contributed by atoms with Crippen LogP contribution in [0.25, 0.3) is 22.2 Å². The van der Waals surface area contributed by atoms with E-state index in [-0.39, 0.29) is 10.8 Å². The number of fused-ring (bicyclic) bond motifs is 1. The van der Waals surface area contributed by atoms with Crippen molar-refractivity contribution in [3.05, 3.63) is 89.2 Å². The number of carbonyl (C=O) groups excluding carboxylic acids is 1. The van der Waals surface area contributed by atoms with Crippen molar-refractivity contribution in [2.45, 2.75) is 31.1 Å². The molecule has 2 N–H and O–H groups in total. The average Bonchev–Trinajstić information content (AvgIpc) is 2.89. The number of nitrogens with one attached hydrogen (secondary N) is 2. The van der Waals surface area contributed by atoms with E-state index in [0.717, 1.165) is 24.0 Å². The van der Waals surface area contributed by atoms with E-state index in [9.17, 15) is 13.2 Å². The zero-order valence-corrected chi connectivity index (χ0v) is 21.4. The lowest BCUT2D eigenvalue weighted by molar-refractivity contribution is 0.0955. The van der Waals surface area contributed by atoms with Gasteiger partial charge in [-0.3, -0.25) is 9.78 Å². The molecule has 2 heterocycles. The van der Waals surface area contributed by atoms with Gasteiger partial charge in [0, 0.05) is 41.5 Å². The topological polar surface area (TPSA) is 101 Å². The Labute approximate surface area is 216 Å². The fraction of sp³-hybridized carbons (Fsp3) is 0.222. The number of benzene rings is 2. The second-order valence-electron chi connectivity index (χ2n) is 8.36. The molecule has 1 amide bonds. The second kappa shape index (κ2) is 11.6. The minimum atomic E-state index is -3.72. The Morgan fingerprint density at radius 2 is 1.83 bits per heavy atom. The van der Waals surface area contributed by atoms with Crippen LogP contribution in [0.2, 0.25) is 5.02 Å². The predicted molar refractivity (Wildman–Crippen MR) is 143 cm³/mol. The molecule has 0 bridgehead atoms. The maximum absolute atomic E-state index is 13.3.